The molecule has 0 bridgehead atoms. The van der Waals surface area contributed by atoms with Gasteiger partial charge in [-0.2, -0.15) is 0 Å². The van der Waals surface area contributed by atoms with Gasteiger partial charge in [0.2, 0.25) is 0 Å². The Hall–Kier alpha value is -1.31. The zero-order chi connectivity index (χ0) is 14.9. The number of carbonyl (C=O) groups is 1. The molecule has 2 nitrogen and oxygen atoms in total. The van der Waals surface area contributed by atoms with Crippen LogP contribution in [0, 0.1) is 0 Å². The van der Waals surface area contributed by atoms with Crippen LogP contribution >= 0.6 is 0 Å². The highest BCUT2D eigenvalue weighted by atomic mass is 16.4. The van der Waals surface area contributed by atoms with Crippen molar-refractivity contribution < 1.29 is 9.90 Å². The van der Waals surface area contributed by atoms with Crippen molar-refractivity contribution >= 4 is 5.97 Å². The molecule has 0 aliphatic carbocycles. The lowest BCUT2D eigenvalue weighted by atomic mass is 10.1. The van der Waals surface area contributed by atoms with Crippen molar-refractivity contribution in [2.24, 2.45) is 0 Å². The molecule has 0 aromatic heterocycles. The van der Waals surface area contributed by atoms with Gasteiger partial charge in [-0.05, 0) is 38.5 Å². The van der Waals surface area contributed by atoms with E-state index in [-0.39, 0.29) is 0 Å². The normalized spacial score (nSPS) is 12.1. The lowest BCUT2D eigenvalue weighted by Gasteiger charge is -1.94. The van der Waals surface area contributed by atoms with Gasteiger partial charge >= 0.3 is 5.97 Å². The highest BCUT2D eigenvalue weighted by Gasteiger charge is 1.94. The van der Waals surface area contributed by atoms with Gasteiger partial charge in [-0.25, -0.2) is 0 Å². The average molecular weight is 278 g/mol. The Morgan fingerprint density at radius 1 is 0.850 bits per heavy atom. The standard InChI is InChI=1S/C18H30O2/c1-2-3-4-5-6-7-8-9-10-11-12-13-14-15-16-17-18(19)20/h6-7,9-12H,2-5,8,13-17H2,1H3,(H,19,20)/b7-6-,10-9-,12-11-. The SMILES string of the molecule is CCCCC/C=C\C/C=C\C=C/CCCCCC(=O)O. The molecular weight excluding hydrogens is 248 g/mol. The van der Waals surface area contributed by atoms with Crippen LogP contribution in [0.2, 0.25) is 0 Å². The number of hydrogen-bond donors (Lipinski definition) is 1. The Kier molecular flexibility index (Phi) is 14.7. The third-order valence-electron chi connectivity index (χ3n) is 3.06. The number of rotatable bonds is 13. The molecule has 0 atom stereocenters. The Balaban J connectivity index is 3.32. The first-order valence-electron chi connectivity index (χ1n) is 7.95. The van der Waals surface area contributed by atoms with E-state index in [1.54, 1.807) is 0 Å². The second-order valence-electron chi connectivity index (χ2n) is 5.05. The van der Waals surface area contributed by atoms with E-state index in [1.165, 1.54) is 25.7 Å². The van der Waals surface area contributed by atoms with E-state index >= 15 is 0 Å². The summed E-state index contributed by atoms with van der Waals surface area (Å²) < 4.78 is 0. The van der Waals surface area contributed by atoms with Gasteiger partial charge in [-0.15, -0.1) is 0 Å². The molecule has 0 aromatic carbocycles. The maximum Gasteiger partial charge on any atom is 0.303 e. The number of hydrogen-bond acceptors (Lipinski definition) is 1. The van der Waals surface area contributed by atoms with Gasteiger partial charge in [0.25, 0.3) is 0 Å². The van der Waals surface area contributed by atoms with E-state index in [0.717, 1.165) is 32.1 Å². The quantitative estimate of drug-likeness (QED) is 0.268. The summed E-state index contributed by atoms with van der Waals surface area (Å²) in [5.41, 5.74) is 0. The van der Waals surface area contributed by atoms with Crippen LogP contribution in [0.3, 0.4) is 0 Å². The molecule has 0 rings (SSSR count). The van der Waals surface area contributed by atoms with Crippen molar-refractivity contribution in [1.82, 2.24) is 0 Å². The highest BCUT2D eigenvalue weighted by Crippen LogP contribution is 2.04. The molecule has 0 unspecified atom stereocenters. The van der Waals surface area contributed by atoms with Crippen LogP contribution in [0.15, 0.2) is 36.5 Å². The van der Waals surface area contributed by atoms with Gasteiger partial charge in [0, 0.05) is 6.42 Å². The molecule has 0 saturated heterocycles. The Bertz CT molecular complexity index is 301. The predicted octanol–water partition coefficient (Wildman–Crippen LogP) is 5.66. The monoisotopic (exact) mass is 278 g/mol. The van der Waals surface area contributed by atoms with Gasteiger partial charge in [0.15, 0.2) is 0 Å². The van der Waals surface area contributed by atoms with E-state index in [2.05, 4.69) is 43.4 Å². The van der Waals surface area contributed by atoms with Crippen molar-refractivity contribution in [1.29, 1.82) is 0 Å². The summed E-state index contributed by atoms with van der Waals surface area (Å²) in [7, 11) is 0. The van der Waals surface area contributed by atoms with Gasteiger partial charge in [-0.1, -0.05) is 62.6 Å². The van der Waals surface area contributed by atoms with Crippen molar-refractivity contribution in [3.8, 4) is 0 Å². The summed E-state index contributed by atoms with van der Waals surface area (Å²) in [5.74, 6) is -0.689. The first kappa shape index (κ1) is 18.7. The van der Waals surface area contributed by atoms with Crippen molar-refractivity contribution in [2.45, 2.75) is 71.1 Å². The molecular formula is C18H30O2. The fraction of sp³-hybridized carbons (Fsp3) is 0.611. The molecule has 0 spiro atoms. The number of carboxylic acids is 1. The third kappa shape index (κ3) is 16.7. The number of allylic oxidation sites excluding steroid dienone is 6. The van der Waals surface area contributed by atoms with Gasteiger partial charge in [0.05, 0.1) is 0 Å². The Labute approximate surface area is 124 Å². The topological polar surface area (TPSA) is 37.3 Å². The van der Waals surface area contributed by atoms with Crippen LogP contribution in [0.4, 0.5) is 0 Å². The van der Waals surface area contributed by atoms with Crippen molar-refractivity contribution in [2.75, 3.05) is 0 Å². The van der Waals surface area contributed by atoms with Crippen molar-refractivity contribution in [3.05, 3.63) is 36.5 Å². The third-order valence-corrected chi connectivity index (χ3v) is 3.06. The molecule has 0 heterocycles. The predicted molar refractivity (Wildman–Crippen MR) is 86.9 cm³/mol. The molecule has 0 saturated carbocycles. The molecule has 0 fully saturated rings. The summed E-state index contributed by atoms with van der Waals surface area (Å²) in [6, 6.07) is 0. The van der Waals surface area contributed by atoms with Crippen LogP contribution in [0.1, 0.15) is 71.1 Å². The second kappa shape index (κ2) is 15.7. The lowest BCUT2D eigenvalue weighted by Crippen LogP contribution is -1.93. The van der Waals surface area contributed by atoms with Gasteiger partial charge in [0.1, 0.15) is 0 Å². The zero-order valence-electron chi connectivity index (χ0n) is 12.9. The molecule has 20 heavy (non-hydrogen) atoms. The maximum atomic E-state index is 10.3. The summed E-state index contributed by atoms with van der Waals surface area (Å²) in [5, 5.41) is 8.49. The largest absolute Gasteiger partial charge is 0.481 e. The molecule has 0 aliphatic rings. The molecule has 0 aliphatic heterocycles. The Morgan fingerprint density at radius 2 is 1.55 bits per heavy atom. The van der Waals surface area contributed by atoms with E-state index in [1.807, 2.05) is 0 Å². The minimum atomic E-state index is -0.689. The minimum Gasteiger partial charge on any atom is -0.481 e. The molecule has 1 N–H and O–H groups in total. The minimum absolute atomic E-state index is 0.300. The summed E-state index contributed by atoms with van der Waals surface area (Å²) >= 11 is 0. The smallest absolute Gasteiger partial charge is 0.303 e. The fourth-order valence-electron chi connectivity index (χ4n) is 1.85. The average Bonchev–Trinajstić information content (AvgIpc) is 2.43. The molecule has 0 amide bonds. The summed E-state index contributed by atoms with van der Waals surface area (Å²) in [4.78, 5) is 10.3. The number of carboxylic acid groups (broad SMARTS) is 1. The van der Waals surface area contributed by atoms with E-state index in [0.29, 0.717) is 6.42 Å². The zero-order valence-corrected chi connectivity index (χ0v) is 12.9. The summed E-state index contributed by atoms with van der Waals surface area (Å²) in [6.45, 7) is 2.23. The molecule has 0 radical (unpaired) electrons. The fourth-order valence-corrected chi connectivity index (χ4v) is 1.85. The van der Waals surface area contributed by atoms with Crippen LogP contribution in [-0.2, 0) is 4.79 Å². The second-order valence-corrected chi connectivity index (χ2v) is 5.05. The van der Waals surface area contributed by atoms with Gasteiger partial charge < -0.3 is 5.11 Å². The van der Waals surface area contributed by atoms with Crippen LogP contribution in [0.5, 0.6) is 0 Å². The van der Waals surface area contributed by atoms with Crippen LogP contribution in [-0.4, -0.2) is 11.1 Å². The van der Waals surface area contributed by atoms with Crippen LogP contribution < -0.4 is 0 Å². The van der Waals surface area contributed by atoms with Crippen molar-refractivity contribution in [3.63, 3.8) is 0 Å². The highest BCUT2D eigenvalue weighted by molar-refractivity contribution is 5.66. The molecule has 2 heteroatoms. The lowest BCUT2D eigenvalue weighted by molar-refractivity contribution is -0.137. The van der Waals surface area contributed by atoms with E-state index in [4.69, 9.17) is 5.11 Å². The van der Waals surface area contributed by atoms with Crippen LogP contribution in [0.25, 0.3) is 0 Å². The maximum absolute atomic E-state index is 10.3. The number of unbranched alkanes of at least 4 members (excludes halogenated alkanes) is 6. The van der Waals surface area contributed by atoms with E-state index < -0.39 is 5.97 Å². The molecule has 114 valence electrons. The van der Waals surface area contributed by atoms with E-state index in [9.17, 15) is 4.79 Å². The first-order chi connectivity index (χ1) is 9.77. The van der Waals surface area contributed by atoms with Gasteiger partial charge in [-0.3, -0.25) is 4.79 Å². The molecule has 0 aromatic rings. The Morgan fingerprint density at radius 3 is 2.30 bits per heavy atom. The first-order valence-corrected chi connectivity index (χ1v) is 7.95. The summed E-state index contributed by atoms with van der Waals surface area (Å²) in [6.07, 6.45) is 23.3. The number of aliphatic carboxylic acids is 1.